The maximum atomic E-state index is 12.7. The van der Waals surface area contributed by atoms with Crippen molar-refractivity contribution in [2.24, 2.45) is 5.73 Å². The highest BCUT2D eigenvalue weighted by atomic mass is 16.5. The van der Waals surface area contributed by atoms with Gasteiger partial charge < -0.3 is 10.3 Å². The molecule has 0 aliphatic rings. The summed E-state index contributed by atoms with van der Waals surface area (Å²) < 4.78 is 1.68. The SMILES string of the molecule is NC(=O)N(O)C/C=C/c1ccc2c(=O)n(Cc3ccccc3)ccc2c1. The summed E-state index contributed by atoms with van der Waals surface area (Å²) in [6.07, 6.45) is 5.15. The van der Waals surface area contributed by atoms with Crippen LogP contribution in [0.25, 0.3) is 16.8 Å². The van der Waals surface area contributed by atoms with Crippen LogP contribution in [-0.4, -0.2) is 27.4 Å². The van der Waals surface area contributed by atoms with Crippen LogP contribution in [0, 0.1) is 0 Å². The van der Waals surface area contributed by atoms with Gasteiger partial charge in [-0.1, -0.05) is 48.6 Å². The van der Waals surface area contributed by atoms with Crippen LogP contribution in [0.5, 0.6) is 0 Å². The van der Waals surface area contributed by atoms with Crippen LogP contribution >= 0.6 is 0 Å². The number of benzene rings is 2. The first-order valence-electron chi connectivity index (χ1n) is 8.14. The molecule has 0 fully saturated rings. The predicted molar refractivity (Wildman–Crippen MR) is 101 cm³/mol. The summed E-state index contributed by atoms with van der Waals surface area (Å²) in [5.74, 6) is 0. The van der Waals surface area contributed by atoms with Crippen molar-refractivity contribution in [2.45, 2.75) is 6.54 Å². The molecule has 0 saturated carbocycles. The number of rotatable bonds is 5. The lowest BCUT2D eigenvalue weighted by Gasteiger charge is -2.09. The molecular weight excluding hydrogens is 330 g/mol. The van der Waals surface area contributed by atoms with Crippen molar-refractivity contribution in [1.29, 1.82) is 0 Å². The molecule has 0 aliphatic carbocycles. The second-order valence-corrected chi connectivity index (χ2v) is 5.90. The second-order valence-electron chi connectivity index (χ2n) is 5.90. The van der Waals surface area contributed by atoms with E-state index in [9.17, 15) is 14.8 Å². The third-order valence-corrected chi connectivity index (χ3v) is 4.04. The molecule has 26 heavy (non-hydrogen) atoms. The van der Waals surface area contributed by atoms with Gasteiger partial charge in [0.25, 0.3) is 5.56 Å². The highest BCUT2D eigenvalue weighted by Crippen LogP contribution is 2.14. The molecule has 0 aliphatic heterocycles. The Morgan fingerprint density at radius 3 is 2.65 bits per heavy atom. The molecule has 0 radical (unpaired) electrons. The molecule has 0 spiro atoms. The Kier molecular flexibility index (Phi) is 5.15. The summed E-state index contributed by atoms with van der Waals surface area (Å²) in [7, 11) is 0. The number of fused-ring (bicyclic) bond motifs is 1. The minimum Gasteiger partial charge on any atom is -0.350 e. The van der Waals surface area contributed by atoms with Crippen LogP contribution in [0.1, 0.15) is 11.1 Å². The van der Waals surface area contributed by atoms with Crippen molar-refractivity contribution in [3.05, 3.63) is 88.4 Å². The Morgan fingerprint density at radius 2 is 1.92 bits per heavy atom. The molecule has 0 bridgehead atoms. The molecule has 1 heterocycles. The van der Waals surface area contributed by atoms with Gasteiger partial charge in [-0.15, -0.1) is 0 Å². The van der Waals surface area contributed by atoms with Crippen LogP contribution in [0.3, 0.4) is 0 Å². The Hall–Kier alpha value is -3.38. The van der Waals surface area contributed by atoms with E-state index in [1.54, 1.807) is 29.0 Å². The lowest BCUT2D eigenvalue weighted by molar-refractivity contribution is -0.0286. The number of pyridine rings is 1. The Bertz CT molecular complexity index is 1010. The summed E-state index contributed by atoms with van der Waals surface area (Å²) in [5.41, 5.74) is 6.82. The molecule has 2 aromatic carbocycles. The Labute approximate surface area is 150 Å². The molecule has 1 aromatic heterocycles. The topological polar surface area (TPSA) is 88.6 Å². The van der Waals surface area contributed by atoms with E-state index in [4.69, 9.17) is 5.73 Å². The van der Waals surface area contributed by atoms with E-state index in [0.717, 1.165) is 16.5 Å². The third kappa shape index (κ3) is 3.99. The van der Waals surface area contributed by atoms with Gasteiger partial charge >= 0.3 is 6.03 Å². The van der Waals surface area contributed by atoms with Gasteiger partial charge in [0.2, 0.25) is 0 Å². The number of hydroxylamine groups is 2. The number of carbonyl (C=O) groups is 1. The smallest absolute Gasteiger partial charge is 0.338 e. The lowest BCUT2D eigenvalue weighted by Crippen LogP contribution is -2.32. The number of nitrogens with two attached hydrogens (primary N) is 1. The fraction of sp³-hybridized carbons (Fsp3) is 0.100. The first kappa shape index (κ1) is 17.4. The fourth-order valence-electron chi connectivity index (χ4n) is 2.69. The normalized spacial score (nSPS) is 11.1. The zero-order chi connectivity index (χ0) is 18.5. The van der Waals surface area contributed by atoms with E-state index < -0.39 is 6.03 Å². The van der Waals surface area contributed by atoms with E-state index in [1.165, 1.54) is 0 Å². The number of nitrogens with zero attached hydrogens (tertiary/aromatic N) is 2. The Morgan fingerprint density at radius 1 is 1.15 bits per heavy atom. The molecule has 0 saturated heterocycles. The summed E-state index contributed by atoms with van der Waals surface area (Å²) in [5, 5.41) is 11.1. The quantitative estimate of drug-likeness (QED) is 0.548. The number of carbonyl (C=O) groups excluding carboxylic acids is 1. The maximum Gasteiger partial charge on any atom is 0.338 e. The number of amides is 2. The third-order valence-electron chi connectivity index (χ3n) is 4.04. The first-order valence-corrected chi connectivity index (χ1v) is 8.14. The number of aromatic nitrogens is 1. The molecule has 6 heteroatoms. The average molecular weight is 349 g/mol. The van der Waals surface area contributed by atoms with Crippen molar-refractivity contribution < 1.29 is 10.0 Å². The standard InChI is InChI=1S/C20H19N3O3/c21-20(25)23(26)11-4-7-15-8-9-18-17(13-15)10-12-22(19(18)24)14-16-5-2-1-3-6-16/h1-10,12-13,26H,11,14H2,(H2,21,25)/b7-4+. The van der Waals surface area contributed by atoms with Crippen LogP contribution in [-0.2, 0) is 6.54 Å². The molecular formula is C20H19N3O3. The van der Waals surface area contributed by atoms with E-state index >= 15 is 0 Å². The fourth-order valence-corrected chi connectivity index (χ4v) is 2.69. The van der Waals surface area contributed by atoms with E-state index in [-0.39, 0.29) is 12.1 Å². The zero-order valence-corrected chi connectivity index (χ0v) is 14.1. The molecule has 3 rings (SSSR count). The minimum atomic E-state index is -0.910. The zero-order valence-electron chi connectivity index (χ0n) is 14.1. The van der Waals surface area contributed by atoms with Crippen LogP contribution in [0.15, 0.2) is 71.7 Å². The lowest BCUT2D eigenvalue weighted by atomic mass is 10.1. The highest BCUT2D eigenvalue weighted by Gasteiger charge is 2.05. The van der Waals surface area contributed by atoms with E-state index in [0.29, 0.717) is 17.0 Å². The molecule has 3 N–H and O–H groups in total. The average Bonchev–Trinajstić information content (AvgIpc) is 2.65. The van der Waals surface area contributed by atoms with Gasteiger partial charge in [0.05, 0.1) is 13.1 Å². The summed E-state index contributed by atoms with van der Waals surface area (Å²) in [6.45, 7) is 0.517. The van der Waals surface area contributed by atoms with Gasteiger partial charge in [0.1, 0.15) is 0 Å². The monoisotopic (exact) mass is 349 g/mol. The van der Waals surface area contributed by atoms with Gasteiger partial charge in [0, 0.05) is 11.6 Å². The summed E-state index contributed by atoms with van der Waals surface area (Å²) >= 11 is 0. The maximum absolute atomic E-state index is 12.7. The van der Waals surface area contributed by atoms with E-state index in [2.05, 4.69) is 0 Å². The van der Waals surface area contributed by atoms with Gasteiger partial charge in [-0.3, -0.25) is 10.0 Å². The van der Waals surface area contributed by atoms with Crippen molar-refractivity contribution in [3.8, 4) is 0 Å². The van der Waals surface area contributed by atoms with Crippen molar-refractivity contribution >= 4 is 22.9 Å². The van der Waals surface area contributed by atoms with Gasteiger partial charge in [0.15, 0.2) is 0 Å². The summed E-state index contributed by atoms with van der Waals surface area (Å²) in [4.78, 5) is 23.4. The molecule has 6 nitrogen and oxygen atoms in total. The van der Waals surface area contributed by atoms with Gasteiger partial charge in [-0.05, 0) is 34.7 Å². The highest BCUT2D eigenvalue weighted by molar-refractivity contribution is 5.83. The number of primary amides is 1. The van der Waals surface area contributed by atoms with Gasteiger partial charge in [-0.2, -0.15) is 0 Å². The largest absolute Gasteiger partial charge is 0.350 e. The molecule has 2 amide bonds. The number of urea groups is 1. The molecule has 132 valence electrons. The van der Waals surface area contributed by atoms with Crippen molar-refractivity contribution in [3.63, 3.8) is 0 Å². The molecule has 0 unspecified atom stereocenters. The molecule has 3 aromatic rings. The Balaban J connectivity index is 1.83. The second kappa shape index (κ2) is 7.67. The summed E-state index contributed by atoms with van der Waals surface area (Å²) in [6, 6.07) is 16.3. The van der Waals surface area contributed by atoms with Crippen LogP contribution < -0.4 is 11.3 Å². The van der Waals surface area contributed by atoms with E-state index in [1.807, 2.05) is 48.5 Å². The molecule has 0 atom stereocenters. The van der Waals surface area contributed by atoms with Gasteiger partial charge in [-0.25, -0.2) is 9.86 Å². The predicted octanol–water partition coefficient (Wildman–Crippen LogP) is 2.83. The number of hydrogen-bond acceptors (Lipinski definition) is 3. The van der Waals surface area contributed by atoms with Crippen molar-refractivity contribution in [2.75, 3.05) is 6.54 Å². The van der Waals surface area contributed by atoms with Crippen molar-refractivity contribution in [1.82, 2.24) is 9.63 Å². The van der Waals surface area contributed by atoms with Crippen LogP contribution in [0.2, 0.25) is 0 Å². The minimum absolute atomic E-state index is 0.00790. The number of hydrogen-bond donors (Lipinski definition) is 2. The first-order chi connectivity index (χ1) is 12.5. The van der Waals surface area contributed by atoms with Crippen LogP contribution in [0.4, 0.5) is 4.79 Å².